The maximum absolute atomic E-state index is 12.5. The van der Waals surface area contributed by atoms with Crippen LogP contribution in [0.2, 0.25) is 0 Å². The van der Waals surface area contributed by atoms with Crippen LogP contribution >= 0.6 is 0 Å². The quantitative estimate of drug-likeness (QED) is 0.580. The number of nitrogens with one attached hydrogen (secondary N) is 2. The SMILES string of the molecule is CCCOc1ccc(NC(=O)c2ccc(NC(=O)OCC)cc2)cc1OCCC. The van der Waals surface area contributed by atoms with E-state index in [0.29, 0.717) is 48.3 Å². The van der Waals surface area contributed by atoms with Crippen LogP contribution in [-0.4, -0.2) is 31.8 Å². The number of rotatable bonds is 10. The van der Waals surface area contributed by atoms with Crippen LogP contribution in [0.25, 0.3) is 0 Å². The fourth-order valence-electron chi connectivity index (χ4n) is 2.44. The van der Waals surface area contributed by atoms with Crippen molar-refractivity contribution in [3.63, 3.8) is 0 Å². The summed E-state index contributed by atoms with van der Waals surface area (Å²) in [4.78, 5) is 24.0. The Morgan fingerprint density at radius 2 is 1.41 bits per heavy atom. The molecular formula is C22H28N2O5. The zero-order chi connectivity index (χ0) is 21.1. The van der Waals surface area contributed by atoms with Crippen LogP contribution in [0.3, 0.4) is 0 Å². The predicted molar refractivity (Wildman–Crippen MR) is 113 cm³/mol. The van der Waals surface area contributed by atoms with E-state index in [1.807, 2.05) is 13.8 Å². The van der Waals surface area contributed by atoms with Gasteiger partial charge < -0.3 is 19.5 Å². The van der Waals surface area contributed by atoms with Crippen molar-refractivity contribution in [2.75, 3.05) is 30.5 Å². The third-order valence-electron chi connectivity index (χ3n) is 3.79. The van der Waals surface area contributed by atoms with E-state index < -0.39 is 6.09 Å². The molecule has 0 saturated heterocycles. The van der Waals surface area contributed by atoms with Crippen molar-refractivity contribution in [3.8, 4) is 11.5 Å². The van der Waals surface area contributed by atoms with Crippen LogP contribution in [0.15, 0.2) is 42.5 Å². The van der Waals surface area contributed by atoms with Gasteiger partial charge in [0.15, 0.2) is 11.5 Å². The van der Waals surface area contributed by atoms with Crippen molar-refractivity contribution in [1.82, 2.24) is 0 Å². The largest absolute Gasteiger partial charge is 0.490 e. The molecule has 0 fully saturated rings. The molecule has 0 aliphatic carbocycles. The van der Waals surface area contributed by atoms with Crippen LogP contribution in [0, 0.1) is 0 Å². The molecule has 156 valence electrons. The monoisotopic (exact) mass is 400 g/mol. The summed E-state index contributed by atoms with van der Waals surface area (Å²) in [5.74, 6) is 0.996. The van der Waals surface area contributed by atoms with Crippen molar-refractivity contribution in [1.29, 1.82) is 0 Å². The van der Waals surface area contributed by atoms with Gasteiger partial charge in [0, 0.05) is 23.0 Å². The van der Waals surface area contributed by atoms with Gasteiger partial charge in [-0.05, 0) is 56.2 Å². The Morgan fingerprint density at radius 3 is 2.03 bits per heavy atom. The van der Waals surface area contributed by atoms with Crippen LogP contribution in [0.1, 0.15) is 44.0 Å². The first-order valence-corrected chi connectivity index (χ1v) is 9.82. The summed E-state index contributed by atoms with van der Waals surface area (Å²) >= 11 is 0. The number of carbonyl (C=O) groups excluding carboxylic acids is 2. The number of benzene rings is 2. The van der Waals surface area contributed by atoms with E-state index in [1.54, 1.807) is 49.4 Å². The Kier molecular flexibility index (Phi) is 8.82. The molecule has 0 heterocycles. The van der Waals surface area contributed by atoms with Gasteiger partial charge in [-0.15, -0.1) is 0 Å². The van der Waals surface area contributed by atoms with Gasteiger partial charge in [0.2, 0.25) is 0 Å². The van der Waals surface area contributed by atoms with Gasteiger partial charge in [0.05, 0.1) is 19.8 Å². The molecule has 0 aliphatic rings. The highest BCUT2D eigenvalue weighted by Gasteiger charge is 2.11. The van der Waals surface area contributed by atoms with Crippen molar-refractivity contribution in [2.24, 2.45) is 0 Å². The maximum atomic E-state index is 12.5. The highest BCUT2D eigenvalue weighted by Crippen LogP contribution is 2.31. The second kappa shape index (κ2) is 11.6. The number of anilines is 2. The lowest BCUT2D eigenvalue weighted by atomic mass is 10.2. The lowest BCUT2D eigenvalue weighted by Crippen LogP contribution is -2.14. The lowest BCUT2D eigenvalue weighted by molar-refractivity contribution is 0.102. The number of carbonyl (C=O) groups is 2. The standard InChI is InChI=1S/C22H28N2O5/c1-4-13-28-19-12-11-18(15-20(19)29-14-5-2)23-21(25)16-7-9-17(10-8-16)24-22(26)27-6-3/h7-12,15H,4-6,13-14H2,1-3H3,(H,23,25)(H,24,26). The summed E-state index contributed by atoms with van der Waals surface area (Å²) in [6, 6.07) is 11.9. The molecule has 0 unspecified atom stereocenters. The zero-order valence-electron chi connectivity index (χ0n) is 17.1. The van der Waals surface area contributed by atoms with E-state index in [4.69, 9.17) is 14.2 Å². The van der Waals surface area contributed by atoms with Crippen LogP contribution in [-0.2, 0) is 4.74 Å². The first kappa shape index (κ1) is 22.1. The fourth-order valence-corrected chi connectivity index (χ4v) is 2.44. The average molecular weight is 400 g/mol. The van der Waals surface area contributed by atoms with E-state index in [0.717, 1.165) is 12.8 Å². The molecule has 2 aromatic carbocycles. The Hall–Kier alpha value is -3.22. The van der Waals surface area contributed by atoms with Crippen molar-refractivity contribution in [3.05, 3.63) is 48.0 Å². The highest BCUT2D eigenvalue weighted by molar-refractivity contribution is 6.04. The predicted octanol–water partition coefficient (Wildman–Crippen LogP) is 5.08. The van der Waals surface area contributed by atoms with Gasteiger partial charge in [0.25, 0.3) is 5.91 Å². The Labute approximate surface area is 171 Å². The molecule has 2 aromatic rings. The van der Waals surface area contributed by atoms with Crippen LogP contribution in [0.4, 0.5) is 16.2 Å². The van der Waals surface area contributed by atoms with Gasteiger partial charge in [-0.3, -0.25) is 10.1 Å². The van der Waals surface area contributed by atoms with Crippen LogP contribution in [0.5, 0.6) is 11.5 Å². The summed E-state index contributed by atoms with van der Waals surface area (Å²) in [6.45, 7) is 7.25. The minimum absolute atomic E-state index is 0.267. The molecule has 0 aliphatic heterocycles. The highest BCUT2D eigenvalue weighted by atomic mass is 16.5. The molecule has 0 aromatic heterocycles. The topological polar surface area (TPSA) is 85.9 Å². The molecule has 7 heteroatoms. The first-order valence-electron chi connectivity index (χ1n) is 9.82. The first-order chi connectivity index (χ1) is 14.1. The third-order valence-corrected chi connectivity index (χ3v) is 3.79. The van der Waals surface area contributed by atoms with Gasteiger partial charge in [-0.2, -0.15) is 0 Å². The van der Waals surface area contributed by atoms with E-state index in [1.165, 1.54) is 0 Å². The van der Waals surface area contributed by atoms with E-state index in [-0.39, 0.29) is 5.91 Å². The fraction of sp³-hybridized carbons (Fsp3) is 0.364. The molecule has 0 radical (unpaired) electrons. The van der Waals surface area contributed by atoms with Gasteiger partial charge in [0.1, 0.15) is 0 Å². The van der Waals surface area contributed by atoms with E-state index in [2.05, 4.69) is 10.6 Å². The van der Waals surface area contributed by atoms with Crippen molar-refractivity contribution >= 4 is 23.4 Å². The summed E-state index contributed by atoms with van der Waals surface area (Å²) < 4.78 is 16.3. The van der Waals surface area contributed by atoms with Crippen molar-refractivity contribution < 1.29 is 23.8 Å². The molecule has 0 atom stereocenters. The third kappa shape index (κ3) is 7.03. The number of ether oxygens (including phenoxy) is 3. The molecule has 2 amide bonds. The minimum Gasteiger partial charge on any atom is -0.490 e. The van der Waals surface area contributed by atoms with Gasteiger partial charge >= 0.3 is 6.09 Å². The Bertz CT molecular complexity index is 805. The molecular weight excluding hydrogens is 372 g/mol. The molecule has 29 heavy (non-hydrogen) atoms. The lowest BCUT2D eigenvalue weighted by Gasteiger charge is -2.14. The molecule has 2 N–H and O–H groups in total. The summed E-state index contributed by atoms with van der Waals surface area (Å²) in [5.41, 5.74) is 1.62. The summed E-state index contributed by atoms with van der Waals surface area (Å²) in [6.07, 6.45) is 1.23. The smallest absolute Gasteiger partial charge is 0.411 e. The molecule has 0 saturated carbocycles. The van der Waals surface area contributed by atoms with Gasteiger partial charge in [-0.1, -0.05) is 13.8 Å². The van der Waals surface area contributed by atoms with Crippen molar-refractivity contribution in [2.45, 2.75) is 33.6 Å². The minimum atomic E-state index is -0.533. The number of amides is 2. The Balaban J connectivity index is 2.06. The molecule has 0 spiro atoms. The van der Waals surface area contributed by atoms with E-state index >= 15 is 0 Å². The summed E-state index contributed by atoms with van der Waals surface area (Å²) in [5, 5.41) is 5.44. The normalized spacial score (nSPS) is 10.2. The molecule has 2 rings (SSSR count). The zero-order valence-corrected chi connectivity index (χ0v) is 17.1. The summed E-state index contributed by atoms with van der Waals surface area (Å²) in [7, 11) is 0. The number of hydrogen-bond donors (Lipinski definition) is 2. The second-order valence-corrected chi connectivity index (χ2v) is 6.24. The molecule has 7 nitrogen and oxygen atoms in total. The molecule has 0 bridgehead atoms. The van der Waals surface area contributed by atoms with E-state index in [9.17, 15) is 9.59 Å². The number of hydrogen-bond acceptors (Lipinski definition) is 5. The van der Waals surface area contributed by atoms with Crippen LogP contribution < -0.4 is 20.1 Å². The van der Waals surface area contributed by atoms with Gasteiger partial charge in [-0.25, -0.2) is 4.79 Å². The average Bonchev–Trinajstić information content (AvgIpc) is 2.72. The maximum Gasteiger partial charge on any atom is 0.411 e. The Morgan fingerprint density at radius 1 is 0.793 bits per heavy atom. The second-order valence-electron chi connectivity index (χ2n) is 6.24.